The van der Waals surface area contributed by atoms with Crippen LogP contribution in [0.2, 0.25) is 5.02 Å². The molecule has 0 spiro atoms. The Labute approximate surface area is 203 Å². The van der Waals surface area contributed by atoms with Crippen molar-refractivity contribution >= 4 is 40.2 Å². The van der Waals surface area contributed by atoms with E-state index in [0.717, 1.165) is 48.0 Å². The third-order valence-electron chi connectivity index (χ3n) is 5.54. The maximum atomic E-state index is 12.7. The summed E-state index contributed by atoms with van der Waals surface area (Å²) in [6, 6.07) is 13.1. The first kappa shape index (κ1) is 26.0. The highest BCUT2D eigenvalue weighted by molar-refractivity contribution is 6.33. The predicted octanol–water partition coefficient (Wildman–Crippen LogP) is 4.67. The summed E-state index contributed by atoms with van der Waals surface area (Å²) in [4.78, 5) is 23.8. The van der Waals surface area contributed by atoms with Gasteiger partial charge < -0.3 is 15.3 Å². The average Bonchev–Trinajstić information content (AvgIpc) is 3.21. The number of hydrogen-bond donors (Lipinski definition) is 3. The van der Waals surface area contributed by atoms with Crippen molar-refractivity contribution in [2.75, 3.05) is 25.5 Å². The van der Waals surface area contributed by atoms with Crippen LogP contribution in [0.3, 0.4) is 0 Å². The van der Waals surface area contributed by atoms with Crippen molar-refractivity contribution in [3.63, 3.8) is 0 Å². The summed E-state index contributed by atoms with van der Waals surface area (Å²) in [5.74, 6) is -2.22. The molecule has 2 heterocycles. The van der Waals surface area contributed by atoms with E-state index in [2.05, 4.69) is 33.5 Å². The second-order valence-electron chi connectivity index (χ2n) is 8.01. The van der Waals surface area contributed by atoms with Crippen molar-refractivity contribution in [2.24, 2.45) is 5.92 Å². The number of rotatable bonds is 3. The SMILES string of the molecule is CN1CCC(C(=O)Nc2n[nH]c3ccc(-c4cc(C#N)ccc4Cl)cc23)CC1.O=C(O)C(F)(F)F. The van der Waals surface area contributed by atoms with Gasteiger partial charge in [-0.05, 0) is 68.9 Å². The van der Waals surface area contributed by atoms with Crippen LogP contribution >= 0.6 is 11.6 Å². The summed E-state index contributed by atoms with van der Waals surface area (Å²) < 4.78 is 31.7. The molecule has 0 radical (unpaired) electrons. The number of alkyl halides is 3. The smallest absolute Gasteiger partial charge is 0.475 e. The molecule has 1 aliphatic heterocycles. The van der Waals surface area contributed by atoms with E-state index in [-0.39, 0.29) is 11.8 Å². The van der Waals surface area contributed by atoms with Crippen LogP contribution in [0.4, 0.5) is 19.0 Å². The van der Waals surface area contributed by atoms with E-state index >= 15 is 0 Å². The highest BCUT2D eigenvalue weighted by Crippen LogP contribution is 2.33. The highest BCUT2D eigenvalue weighted by Gasteiger charge is 2.38. The zero-order valence-corrected chi connectivity index (χ0v) is 19.2. The molecule has 1 amide bonds. The third kappa shape index (κ3) is 6.49. The molecule has 1 fully saturated rings. The Balaban J connectivity index is 0.000000429. The molecule has 0 saturated carbocycles. The van der Waals surface area contributed by atoms with E-state index in [0.29, 0.717) is 16.4 Å². The normalized spacial score (nSPS) is 14.6. The number of carbonyl (C=O) groups excluding carboxylic acids is 1. The van der Waals surface area contributed by atoms with Crippen LogP contribution in [-0.4, -0.2) is 58.4 Å². The molecule has 12 heteroatoms. The number of hydrogen-bond acceptors (Lipinski definition) is 5. The molecule has 1 aromatic heterocycles. The maximum absolute atomic E-state index is 12.7. The molecule has 0 aliphatic carbocycles. The quantitative estimate of drug-likeness (QED) is 0.473. The second-order valence-corrected chi connectivity index (χ2v) is 8.42. The maximum Gasteiger partial charge on any atom is 0.490 e. The predicted molar refractivity (Wildman–Crippen MR) is 124 cm³/mol. The lowest BCUT2D eigenvalue weighted by Crippen LogP contribution is -2.36. The fourth-order valence-corrected chi connectivity index (χ4v) is 3.81. The van der Waals surface area contributed by atoms with Crippen molar-refractivity contribution in [3.8, 4) is 17.2 Å². The number of halogens is 4. The number of anilines is 1. The molecule has 0 bridgehead atoms. The van der Waals surface area contributed by atoms with Gasteiger partial charge in [-0.2, -0.15) is 23.5 Å². The zero-order chi connectivity index (χ0) is 25.8. The summed E-state index contributed by atoms with van der Waals surface area (Å²) in [6.07, 6.45) is -3.38. The number of amides is 1. The summed E-state index contributed by atoms with van der Waals surface area (Å²) in [5.41, 5.74) is 3.01. The first-order valence-electron chi connectivity index (χ1n) is 10.5. The van der Waals surface area contributed by atoms with Gasteiger partial charge in [0.1, 0.15) is 0 Å². The molecule has 3 N–H and O–H groups in total. The topological polar surface area (TPSA) is 122 Å². The first-order chi connectivity index (χ1) is 16.5. The van der Waals surface area contributed by atoms with Gasteiger partial charge in [0.05, 0.1) is 17.1 Å². The van der Waals surface area contributed by atoms with E-state index in [1.165, 1.54) is 0 Å². The number of nitriles is 1. The number of carbonyl (C=O) groups is 2. The lowest BCUT2D eigenvalue weighted by molar-refractivity contribution is -0.192. The van der Waals surface area contributed by atoms with Gasteiger partial charge >= 0.3 is 12.1 Å². The van der Waals surface area contributed by atoms with E-state index in [1.807, 2.05) is 18.2 Å². The van der Waals surface area contributed by atoms with E-state index in [1.54, 1.807) is 18.2 Å². The Morgan fingerprint density at radius 2 is 1.89 bits per heavy atom. The number of likely N-dealkylation sites (tertiary alicyclic amines) is 1. The molecule has 0 atom stereocenters. The first-order valence-corrected chi connectivity index (χ1v) is 10.8. The monoisotopic (exact) mass is 507 g/mol. The molecule has 1 aliphatic rings. The molecule has 0 unspecified atom stereocenters. The number of carboxylic acids is 1. The number of aliphatic carboxylic acids is 1. The number of aromatic amines is 1. The Hall–Kier alpha value is -3.62. The number of H-pyrrole nitrogens is 1. The third-order valence-corrected chi connectivity index (χ3v) is 5.87. The van der Waals surface area contributed by atoms with Gasteiger partial charge in [0.15, 0.2) is 5.82 Å². The van der Waals surface area contributed by atoms with Gasteiger partial charge in [-0.3, -0.25) is 9.89 Å². The van der Waals surface area contributed by atoms with Crippen molar-refractivity contribution < 1.29 is 27.9 Å². The lowest BCUT2D eigenvalue weighted by Gasteiger charge is -2.27. The van der Waals surface area contributed by atoms with Gasteiger partial charge in [-0.15, -0.1) is 0 Å². The molecule has 8 nitrogen and oxygen atoms in total. The van der Waals surface area contributed by atoms with Crippen LogP contribution in [0.25, 0.3) is 22.0 Å². The molecule has 3 aromatic rings. The molecule has 1 saturated heterocycles. The number of nitrogens with one attached hydrogen (secondary N) is 2. The van der Waals surface area contributed by atoms with Crippen molar-refractivity contribution in [1.29, 1.82) is 5.26 Å². The van der Waals surface area contributed by atoms with Gasteiger partial charge in [-0.25, -0.2) is 4.79 Å². The van der Waals surface area contributed by atoms with Crippen molar-refractivity contribution in [1.82, 2.24) is 15.1 Å². The minimum Gasteiger partial charge on any atom is -0.475 e. The number of piperidine rings is 1. The molecular weight excluding hydrogens is 487 g/mol. The van der Waals surface area contributed by atoms with E-state index in [9.17, 15) is 18.0 Å². The lowest BCUT2D eigenvalue weighted by atomic mass is 9.96. The Bertz CT molecular complexity index is 1280. The molecular formula is C23H21ClF3N5O3. The average molecular weight is 508 g/mol. The molecule has 4 rings (SSSR count). The minimum atomic E-state index is -5.08. The van der Waals surface area contributed by atoms with Crippen LogP contribution < -0.4 is 5.32 Å². The Morgan fingerprint density at radius 1 is 1.23 bits per heavy atom. The summed E-state index contributed by atoms with van der Waals surface area (Å²) in [7, 11) is 2.07. The Morgan fingerprint density at radius 3 is 2.49 bits per heavy atom. The van der Waals surface area contributed by atoms with Crippen LogP contribution in [0.5, 0.6) is 0 Å². The van der Waals surface area contributed by atoms with Crippen molar-refractivity contribution in [2.45, 2.75) is 19.0 Å². The van der Waals surface area contributed by atoms with Gasteiger partial charge in [0.2, 0.25) is 5.91 Å². The highest BCUT2D eigenvalue weighted by atomic mass is 35.5. The van der Waals surface area contributed by atoms with Crippen LogP contribution in [0.1, 0.15) is 18.4 Å². The number of carboxylic acid groups (broad SMARTS) is 1. The van der Waals surface area contributed by atoms with Gasteiger partial charge in [-0.1, -0.05) is 17.7 Å². The fraction of sp³-hybridized carbons (Fsp3) is 0.304. The molecule has 35 heavy (non-hydrogen) atoms. The summed E-state index contributed by atoms with van der Waals surface area (Å²) in [5, 5.41) is 27.9. The second kappa shape index (κ2) is 10.8. The number of benzene rings is 2. The molecule has 2 aromatic carbocycles. The number of fused-ring (bicyclic) bond motifs is 1. The summed E-state index contributed by atoms with van der Waals surface area (Å²) in [6.45, 7) is 1.86. The fourth-order valence-electron chi connectivity index (χ4n) is 3.58. The van der Waals surface area contributed by atoms with Crippen LogP contribution in [0, 0.1) is 17.2 Å². The van der Waals surface area contributed by atoms with E-state index < -0.39 is 12.1 Å². The van der Waals surface area contributed by atoms with E-state index in [4.69, 9.17) is 26.8 Å². The van der Waals surface area contributed by atoms with Crippen LogP contribution in [-0.2, 0) is 9.59 Å². The minimum absolute atomic E-state index is 0.00730. The standard InChI is InChI=1S/C21H20ClN5O.C2HF3O2/c1-27-8-6-14(7-9-27)21(28)24-20-17-11-15(3-5-19(17)25-26-20)16-10-13(12-23)2-4-18(16)22;3-2(4,5)1(6)7/h2-5,10-11,14H,6-9H2,1H3,(H2,24,25,26,28);(H,6,7). The zero-order valence-electron chi connectivity index (χ0n) is 18.5. The van der Waals surface area contributed by atoms with Crippen molar-refractivity contribution in [3.05, 3.63) is 47.0 Å². The molecule has 184 valence electrons. The van der Waals surface area contributed by atoms with Gasteiger partial charge in [0.25, 0.3) is 0 Å². The Kier molecular flexibility index (Phi) is 7.99. The number of aromatic nitrogens is 2. The van der Waals surface area contributed by atoms with Crippen LogP contribution in [0.15, 0.2) is 36.4 Å². The van der Waals surface area contributed by atoms with Gasteiger partial charge in [0, 0.05) is 21.9 Å². The largest absolute Gasteiger partial charge is 0.490 e. The number of nitrogens with zero attached hydrogens (tertiary/aromatic N) is 3. The summed E-state index contributed by atoms with van der Waals surface area (Å²) >= 11 is 6.34.